The molecule has 0 unspecified atom stereocenters. The lowest BCUT2D eigenvalue weighted by Gasteiger charge is -2.37. The average molecular weight is 459 g/mol. The topological polar surface area (TPSA) is 49.9 Å². The molecular formula is C25H31FN2O3S. The van der Waals surface area contributed by atoms with E-state index in [1.165, 1.54) is 17.0 Å². The average Bonchev–Trinajstić information content (AvgIpc) is 3.52. The van der Waals surface area contributed by atoms with Crippen LogP contribution in [0.25, 0.3) is 0 Å². The molecule has 5 nitrogen and oxygen atoms in total. The SMILES string of the molecule is CC[C@@H](C)CN(CC(=O)N1CCc2sccc2[C@H]1COc1cccc(F)c1)C(=O)C1CC1. The van der Waals surface area contributed by atoms with Gasteiger partial charge in [-0.25, -0.2) is 4.39 Å². The van der Waals surface area contributed by atoms with E-state index < -0.39 is 0 Å². The number of thiophene rings is 1. The van der Waals surface area contributed by atoms with Crippen LogP contribution < -0.4 is 4.74 Å². The van der Waals surface area contributed by atoms with Gasteiger partial charge in [-0.15, -0.1) is 11.3 Å². The molecule has 2 atom stereocenters. The van der Waals surface area contributed by atoms with Crippen LogP contribution in [0.2, 0.25) is 0 Å². The fourth-order valence-electron chi connectivity index (χ4n) is 4.19. The van der Waals surface area contributed by atoms with Crippen LogP contribution >= 0.6 is 11.3 Å². The minimum atomic E-state index is -0.352. The van der Waals surface area contributed by atoms with Crippen molar-refractivity contribution < 1.29 is 18.7 Å². The predicted octanol–water partition coefficient (Wildman–Crippen LogP) is 4.68. The maximum Gasteiger partial charge on any atom is 0.242 e. The molecule has 0 spiro atoms. The summed E-state index contributed by atoms with van der Waals surface area (Å²) in [5.74, 6) is 0.592. The van der Waals surface area contributed by atoms with Gasteiger partial charge < -0.3 is 14.5 Å². The molecule has 0 N–H and O–H groups in total. The van der Waals surface area contributed by atoms with Crippen molar-refractivity contribution in [1.82, 2.24) is 9.80 Å². The third kappa shape index (κ3) is 5.31. The number of benzene rings is 1. The number of carbonyl (C=O) groups excluding carboxylic acids is 2. The molecule has 2 aliphatic rings. The molecule has 32 heavy (non-hydrogen) atoms. The first-order valence-electron chi connectivity index (χ1n) is 11.5. The Hall–Kier alpha value is -2.41. The first kappa shape index (κ1) is 22.8. The molecule has 2 aromatic rings. The highest BCUT2D eigenvalue weighted by Gasteiger charge is 2.37. The van der Waals surface area contributed by atoms with Crippen LogP contribution in [0.15, 0.2) is 35.7 Å². The van der Waals surface area contributed by atoms with Crippen LogP contribution in [-0.2, 0) is 16.0 Å². The first-order chi connectivity index (χ1) is 15.5. The molecule has 1 aromatic heterocycles. The van der Waals surface area contributed by atoms with E-state index in [2.05, 4.69) is 13.8 Å². The first-order valence-corrected chi connectivity index (χ1v) is 12.4. The fourth-order valence-corrected chi connectivity index (χ4v) is 5.12. The molecular weight excluding hydrogens is 427 g/mol. The molecule has 0 radical (unpaired) electrons. The molecule has 2 heterocycles. The summed E-state index contributed by atoms with van der Waals surface area (Å²) in [6, 6.07) is 7.86. The molecule has 4 rings (SSSR count). The highest BCUT2D eigenvalue weighted by atomic mass is 32.1. The van der Waals surface area contributed by atoms with Crippen LogP contribution in [0.1, 0.15) is 49.6 Å². The monoisotopic (exact) mass is 458 g/mol. The zero-order valence-corrected chi connectivity index (χ0v) is 19.6. The molecule has 2 amide bonds. The van der Waals surface area contributed by atoms with Gasteiger partial charge in [0.15, 0.2) is 0 Å². The maximum absolute atomic E-state index is 13.6. The van der Waals surface area contributed by atoms with E-state index in [0.717, 1.165) is 31.2 Å². The van der Waals surface area contributed by atoms with Crippen molar-refractivity contribution in [3.8, 4) is 5.75 Å². The Labute approximate surface area is 193 Å². The number of halogens is 1. The van der Waals surface area contributed by atoms with E-state index in [0.29, 0.717) is 24.8 Å². The Morgan fingerprint density at radius 2 is 2.12 bits per heavy atom. The van der Waals surface area contributed by atoms with Crippen molar-refractivity contribution in [3.63, 3.8) is 0 Å². The number of rotatable bonds is 9. The molecule has 1 fully saturated rings. The minimum Gasteiger partial charge on any atom is -0.491 e. The third-order valence-corrected chi connectivity index (χ3v) is 7.41. The van der Waals surface area contributed by atoms with Crippen molar-refractivity contribution in [2.45, 2.75) is 45.6 Å². The Kier molecular flexibility index (Phi) is 7.13. The second kappa shape index (κ2) is 10.0. The third-order valence-electron chi connectivity index (χ3n) is 6.41. The number of ether oxygens (including phenoxy) is 1. The molecule has 0 saturated heterocycles. The zero-order valence-electron chi connectivity index (χ0n) is 18.8. The van der Waals surface area contributed by atoms with Gasteiger partial charge >= 0.3 is 0 Å². The molecule has 1 aromatic carbocycles. The molecule has 1 aliphatic carbocycles. The summed E-state index contributed by atoms with van der Waals surface area (Å²) in [6.07, 6.45) is 3.62. The minimum absolute atomic E-state index is 0.0491. The Morgan fingerprint density at radius 3 is 2.84 bits per heavy atom. The molecule has 1 aliphatic heterocycles. The number of carbonyl (C=O) groups is 2. The van der Waals surface area contributed by atoms with Gasteiger partial charge in [-0.2, -0.15) is 0 Å². The van der Waals surface area contributed by atoms with Crippen molar-refractivity contribution >= 4 is 23.2 Å². The van der Waals surface area contributed by atoms with Crippen molar-refractivity contribution in [2.24, 2.45) is 11.8 Å². The summed E-state index contributed by atoms with van der Waals surface area (Å²) in [5, 5.41) is 2.04. The normalized spacial score (nSPS) is 18.7. The summed E-state index contributed by atoms with van der Waals surface area (Å²) in [6.45, 7) is 5.79. The van der Waals surface area contributed by atoms with Gasteiger partial charge in [-0.05, 0) is 54.3 Å². The smallest absolute Gasteiger partial charge is 0.242 e. The lowest BCUT2D eigenvalue weighted by Crippen LogP contribution is -2.48. The lowest BCUT2D eigenvalue weighted by atomic mass is 10.00. The van der Waals surface area contributed by atoms with Crippen molar-refractivity contribution in [3.05, 3.63) is 52.0 Å². The molecule has 172 valence electrons. The standard InChI is InChI=1S/C25H31FN2O3S/c1-3-17(2)14-27(25(30)18-7-8-18)15-24(29)28-11-9-23-21(10-12-32-23)22(28)16-31-20-6-4-5-19(26)13-20/h4-6,10,12-13,17-18,22H,3,7-9,11,14-16H2,1-2H3/t17-,22-/m1/s1. The summed E-state index contributed by atoms with van der Waals surface area (Å²) in [4.78, 5) is 31.2. The summed E-state index contributed by atoms with van der Waals surface area (Å²) < 4.78 is 19.5. The molecule has 1 saturated carbocycles. The largest absolute Gasteiger partial charge is 0.491 e. The number of amides is 2. The number of hydrogen-bond acceptors (Lipinski definition) is 4. The Balaban J connectivity index is 1.50. The van der Waals surface area contributed by atoms with E-state index in [1.54, 1.807) is 28.4 Å². The van der Waals surface area contributed by atoms with Crippen LogP contribution in [0.5, 0.6) is 5.75 Å². The van der Waals surface area contributed by atoms with Gasteiger partial charge in [0.05, 0.1) is 12.6 Å². The second-order valence-electron chi connectivity index (χ2n) is 8.93. The van der Waals surface area contributed by atoms with E-state index in [1.807, 2.05) is 16.3 Å². The summed E-state index contributed by atoms with van der Waals surface area (Å²) >= 11 is 1.69. The van der Waals surface area contributed by atoms with E-state index in [-0.39, 0.29) is 42.7 Å². The van der Waals surface area contributed by atoms with Crippen molar-refractivity contribution in [1.29, 1.82) is 0 Å². The highest BCUT2D eigenvalue weighted by Crippen LogP contribution is 2.35. The van der Waals surface area contributed by atoms with Gasteiger partial charge in [0, 0.05) is 30.0 Å². The van der Waals surface area contributed by atoms with Crippen molar-refractivity contribution in [2.75, 3.05) is 26.2 Å². The van der Waals surface area contributed by atoms with Crippen LogP contribution in [0.3, 0.4) is 0 Å². The quantitative estimate of drug-likeness (QED) is 0.548. The Morgan fingerprint density at radius 1 is 1.31 bits per heavy atom. The zero-order chi connectivity index (χ0) is 22.7. The van der Waals surface area contributed by atoms with Crippen LogP contribution in [-0.4, -0.2) is 47.9 Å². The second-order valence-corrected chi connectivity index (χ2v) is 9.93. The number of nitrogens with zero attached hydrogens (tertiary/aromatic N) is 2. The van der Waals surface area contributed by atoms with Gasteiger partial charge in [0.25, 0.3) is 0 Å². The highest BCUT2D eigenvalue weighted by molar-refractivity contribution is 7.10. The van der Waals surface area contributed by atoms with E-state index in [9.17, 15) is 14.0 Å². The lowest BCUT2D eigenvalue weighted by molar-refractivity contribution is -0.143. The summed E-state index contributed by atoms with van der Waals surface area (Å²) in [7, 11) is 0. The van der Waals surface area contributed by atoms with Gasteiger partial charge in [0.1, 0.15) is 18.2 Å². The fraction of sp³-hybridized carbons (Fsp3) is 0.520. The van der Waals surface area contributed by atoms with Gasteiger partial charge in [0.2, 0.25) is 11.8 Å². The Bertz CT molecular complexity index is 958. The molecule has 0 bridgehead atoms. The van der Waals surface area contributed by atoms with Gasteiger partial charge in [-0.1, -0.05) is 26.3 Å². The maximum atomic E-state index is 13.6. The predicted molar refractivity (Wildman–Crippen MR) is 123 cm³/mol. The van der Waals surface area contributed by atoms with Crippen LogP contribution in [0, 0.1) is 17.7 Å². The van der Waals surface area contributed by atoms with E-state index >= 15 is 0 Å². The number of hydrogen-bond donors (Lipinski definition) is 0. The van der Waals surface area contributed by atoms with Crippen LogP contribution in [0.4, 0.5) is 4.39 Å². The van der Waals surface area contributed by atoms with E-state index in [4.69, 9.17) is 4.74 Å². The number of fused-ring (bicyclic) bond motifs is 1. The molecule has 7 heteroatoms. The summed E-state index contributed by atoms with van der Waals surface area (Å²) in [5.41, 5.74) is 1.09. The van der Waals surface area contributed by atoms with Gasteiger partial charge in [-0.3, -0.25) is 9.59 Å².